The molecule has 0 spiro atoms. The minimum Gasteiger partial charge on any atom is -0.479 e. The van der Waals surface area contributed by atoms with Gasteiger partial charge in [-0.15, -0.1) is 0 Å². The fourth-order valence-electron chi connectivity index (χ4n) is 1.96. The number of hydrogen-bond donors (Lipinski definition) is 2. The molecule has 2 N–H and O–H groups in total. The first-order valence-corrected chi connectivity index (χ1v) is 8.28. The minimum atomic E-state index is -4.40. The molecule has 0 aliphatic carbocycles. The summed E-state index contributed by atoms with van der Waals surface area (Å²) in [5.74, 6) is -2.24. The lowest BCUT2D eigenvalue weighted by molar-refractivity contribution is -0.150. The molecule has 6 nitrogen and oxygen atoms in total. The summed E-state index contributed by atoms with van der Waals surface area (Å²) in [5.41, 5.74) is 0.831. The molecule has 2 rings (SSSR count). The molecule has 2 aromatic rings. The molecule has 0 fully saturated rings. The predicted molar refractivity (Wildman–Crippen MR) is 82.2 cm³/mol. The van der Waals surface area contributed by atoms with E-state index in [4.69, 9.17) is 4.18 Å². The van der Waals surface area contributed by atoms with Crippen LogP contribution in [0.5, 0.6) is 0 Å². The van der Waals surface area contributed by atoms with E-state index in [-0.39, 0.29) is 10.5 Å². The average molecular weight is 354 g/mol. The van der Waals surface area contributed by atoms with E-state index < -0.39 is 34.1 Å². The van der Waals surface area contributed by atoms with Crippen LogP contribution in [0.3, 0.4) is 0 Å². The molecule has 0 aliphatic heterocycles. The highest BCUT2D eigenvalue weighted by Crippen LogP contribution is 2.24. The Balaban J connectivity index is 2.29. The summed E-state index contributed by atoms with van der Waals surface area (Å²) in [6.07, 6.45) is -3.86. The van der Waals surface area contributed by atoms with E-state index in [0.29, 0.717) is 0 Å². The lowest BCUT2D eigenvalue weighted by Gasteiger charge is -2.19. The summed E-state index contributed by atoms with van der Waals surface area (Å²) in [6.45, 7) is 1.76. The summed E-state index contributed by atoms with van der Waals surface area (Å²) in [5, 5.41) is 19.3. The Kier molecular flexibility index (Phi) is 5.33. The first-order chi connectivity index (χ1) is 11.2. The van der Waals surface area contributed by atoms with Crippen molar-refractivity contribution in [1.29, 1.82) is 0 Å². The van der Waals surface area contributed by atoms with Crippen molar-refractivity contribution < 1.29 is 32.0 Å². The van der Waals surface area contributed by atoms with Gasteiger partial charge in [0.25, 0.3) is 10.1 Å². The third kappa shape index (κ3) is 4.16. The van der Waals surface area contributed by atoms with Crippen LogP contribution in [0.25, 0.3) is 0 Å². The normalized spacial score (nSPS) is 14.1. The lowest BCUT2D eigenvalue weighted by atomic mass is 10.0. The molecule has 0 aliphatic rings. The topological polar surface area (TPSA) is 101 Å². The van der Waals surface area contributed by atoms with Crippen LogP contribution in [0.1, 0.15) is 17.2 Å². The number of aliphatic hydroxyl groups is 1. The SMILES string of the molecule is Cc1ccc(S(=O)(=O)O[C@H](C(=O)O)[C@H](O)c2ccc(F)cc2)cc1. The molecule has 0 amide bonds. The Hall–Kier alpha value is -2.29. The van der Waals surface area contributed by atoms with Crippen molar-refractivity contribution in [2.24, 2.45) is 0 Å². The minimum absolute atomic E-state index is 0.0166. The molecule has 0 saturated carbocycles. The van der Waals surface area contributed by atoms with Crippen LogP contribution in [-0.2, 0) is 19.1 Å². The summed E-state index contributed by atoms with van der Waals surface area (Å²) < 4.78 is 42.0. The van der Waals surface area contributed by atoms with Crippen molar-refractivity contribution in [3.63, 3.8) is 0 Å². The molecule has 0 radical (unpaired) electrons. The number of aliphatic hydroxyl groups excluding tert-OH is 1. The van der Waals surface area contributed by atoms with Gasteiger partial charge in [0, 0.05) is 0 Å². The van der Waals surface area contributed by atoms with Crippen LogP contribution in [0, 0.1) is 12.7 Å². The second kappa shape index (κ2) is 7.08. The molecular formula is C16H15FO6S. The van der Waals surface area contributed by atoms with Gasteiger partial charge in [-0.1, -0.05) is 29.8 Å². The molecule has 128 valence electrons. The zero-order valence-corrected chi connectivity index (χ0v) is 13.4. The second-order valence-electron chi connectivity index (χ2n) is 5.12. The Morgan fingerprint density at radius 1 is 1.08 bits per heavy atom. The smallest absolute Gasteiger partial charge is 0.337 e. The van der Waals surface area contributed by atoms with Crippen LogP contribution in [0.15, 0.2) is 53.4 Å². The first kappa shape index (κ1) is 18.1. The number of carboxylic acids is 1. The third-order valence-electron chi connectivity index (χ3n) is 3.28. The molecule has 0 saturated heterocycles. The van der Waals surface area contributed by atoms with Gasteiger partial charge in [0.2, 0.25) is 6.10 Å². The Labute approximate surface area is 138 Å². The molecule has 0 bridgehead atoms. The highest BCUT2D eigenvalue weighted by Gasteiger charge is 2.34. The third-order valence-corrected chi connectivity index (χ3v) is 4.59. The summed E-state index contributed by atoms with van der Waals surface area (Å²) in [7, 11) is -4.40. The van der Waals surface area contributed by atoms with Gasteiger partial charge < -0.3 is 10.2 Å². The summed E-state index contributed by atoms with van der Waals surface area (Å²) in [6, 6.07) is 9.94. The Morgan fingerprint density at radius 3 is 2.12 bits per heavy atom. The zero-order chi connectivity index (χ0) is 17.9. The molecule has 0 heterocycles. The van der Waals surface area contributed by atoms with E-state index in [1.165, 1.54) is 24.3 Å². The van der Waals surface area contributed by atoms with Gasteiger partial charge in [-0.25, -0.2) is 13.4 Å². The summed E-state index contributed by atoms with van der Waals surface area (Å²) in [4.78, 5) is 11.1. The number of aryl methyl sites for hydroxylation is 1. The maximum absolute atomic E-state index is 12.9. The van der Waals surface area contributed by atoms with Gasteiger partial charge in [-0.3, -0.25) is 0 Å². The van der Waals surface area contributed by atoms with Gasteiger partial charge in [-0.05, 0) is 36.8 Å². The highest BCUT2D eigenvalue weighted by atomic mass is 32.2. The van der Waals surface area contributed by atoms with E-state index in [0.717, 1.165) is 29.8 Å². The number of hydrogen-bond acceptors (Lipinski definition) is 5. The fraction of sp³-hybridized carbons (Fsp3) is 0.188. The molecule has 0 aromatic heterocycles. The number of halogens is 1. The monoisotopic (exact) mass is 354 g/mol. The molecule has 2 aromatic carbocycles. The van der Waals surface area contributed by atoms with Gasteiger partial charge in [0.15, 0.2) is 0 Å². The first-order valence-electron chi connectivity index (χ1n) is 6.87. The molecule has 2 atom stereocenters. The predicted octanol–water partition coefficient (Wildman–Crippen LogP) is 2.03. The van der Waals surface area contributed by atoms with Crippen LogP contribution < -0.4 is 0 Å². The summed E-state index contributed by atoms with van der Waals surface area (Å²) >= 11 is 0. The van der Waals surface area contributed by atoms with Crippen molar-refractivity contribution in [2.45, 2.75) is 24.0 Å². The average Bonchev–Trinajstić information content (AvgIpc) is 2.53. The van der Waals surface area contributed by atoms with Gasteiger partial charge >= 0.3 is 5.97 Å². The largest absolute Gasteiger partial charge is 0.479 e. The van der Waals surface area contributed by atoms with Crippen LogP contribution in [0.4, 0.5) is 4.39 Å². The Bertz CT molecular complexity index is 815. The number of aliphatic carboxylic acids is 1. The van der Waals surface area contributed by atoms with E-state index in [9.17, 15) is 27.8 Å². The maximum atomic E-state index is 12.9. The van der Waals surface area contributed by atoms with E-state index in [1.807, 2.05) is 0 Å². The maximum Gasteiger partial charge on any atom is 0.337 e. The Morgan fingerprint density at radius 2 is 1.62 bits per heavy atom. The van der Waals surface area contributed by atoms with Gasteiger partial charge in [-0.2, -0.15) is 8.42 Å². The second-order valence-corrected chi connectivity index (χ2v) is 6.69. The quantitative estimate of drug-likeness (QED) is 0.770. The van der Waals surface area contributed by atoms with Crippen molar-refractivity contribution in [3.8, 4) is 0 Å². The van der Waals surface area contributed by atoms with Gasteiger partial charge in [0.1, 0.15) is 11.9 Å². The van der Waals surface area contributed by atoms with Crippen LogP contribution >= 0.6 is 0 Å². The van der Waals surface area contributed by atoms with Gasteiger partial charge in [0.05, 0.1) is 4.90 Å². The van der Waals surface area contributed by atoms with Crippen molar-refractivity contribution >= 4 is 16.1 Å². The number of carbonyl (C=O) groups is 1. The lowest BCUT2D eigenvalue weighted by Crippen LogP contribution is -2.33. The standard InChI is InChI=1S/C16H15FO6S/c1-10-2-8-13(9-3-10)24(21,22)23-15(16(19)20)14(18)11-4-6-12(17)7-5-11/h2-9,14-15,18H,1H3,(H,19,20)/t14-,15+/m1/s1. The molecule has 0 unspecified atom stereocenters. The van der Waals surface area contributed by atoms with Crippen LogP contribution in [-0.4, -0.2) is 30.7 Å². The number of benzene rings is 2. The van der Waals surface area contributed by atoms with Crippen molar-refractivity contribution in [3.05, 3.63) is 65.5 Å². The molecule has 24 heavy (non-hydrogen) atoms. The molecular weight excluding hydrogens is 339 g/mol. The van der Waals surface area contributed by atoms with Crippen LogP contribution in [0.2, 0.25) is 0 Å². The van der Waals surface area contributed by atoms with Crippen molar-refractivity contribution in [1.82, 2.24) is 0 Å². The highest BCUT2D eigenvalue weighted by molar-refractivity contribution is 7.86. The fourth-order valence-corrected chi connectivity index (χ4v) is 3.00. The molecule has 8 heteroatoms. The van der Waals surface area contributed by atoms with Crippen molar-refractivity contribution in [2.75, 3.05) is 0 Å². The van der Waals surface area contributed by atoms with E-state index in [2.05, 4.69) is 0 Å². The van der Waals surface area contributed by atoms with E-state index in [1.54, 1.807) is 6.92 Å². The number of rotatable bonds is 6. The zero-order valence-electron chi connectivity index (χ0n) is 12.6. The number of carboxylic acid groups (broad SMARTS) is 1. The van der Waals surface area contributed by atoms with E-state index >= 15 is 0 Å².